The van der Waals surface area contributed by atoms with Crippen LogP contribution in [0.3, 0.4) is 0 Å². The van der Waals surface area contributed by atoms with Crippen LogP contribution in [-0.2, 0) is 16.1 Å². The minimum atomic E-state index is -0.459. The number of carbonyl (C=O) groups excluding carboxylic acids is 2. The van der Waals surface area contributed by atoms with Crippen LogP contribution in [0.2, 0.25) is 0 Å². The van der Waals surface area contributed by atoms with Crippen molar-refractivity contribution in [2.45, 2.75) is 45.6 Å². The molecule has 0 saturated carbocycles. The Hall–Kier alpha value is -1.92. The topological polar surface area (TPSA) is 71.9 Å². The fourth-order valence-corrected chi connectivity index (χ4v) is 2.90. The van der Waals surface area contributed by atoms with Gasteiger partial charge in [0.15, 0.2) is 6.04 Å². The van der Waals surface area contributed by atoms with E-state index in [9.17, 15) is 9.59 Å². The quantitative estimate of drug-likeness (QED) is 0.736. The van der Waals surface area contributed by atoms with Gasteiger partial charge in [0.25, 0.3) is 5.91 Å². The molecule has 23 heavy (non-hydrogen) atoms. The van der Waals surface area contributed by atoms with Gasteiger partial charge in [-0.25, -0.2) is 4.79 Å². The molecule has 0 bridgehead atoms. The maximum Gasteiger partial charge on any atom is 0.321 e. The summed E-state index contributed by atoms with van der Waals surface area (Å²) >= 11 is 0. The molecular formula is C17H26N3O3+. The Morgan fingerprint density at radius 3 is 2.43 bits per heavy atom. The second-order valence-corrected chi connectivity index (χ2v) is 6.20. The molecule has 1 heterocycles. The summed E-state index contributed by atoms with van der Waals surface area (Å²) in [5.41, 5.74) is 0.990. The van der Waals surface area contributed by atoms with Crippen LogP contribution >= 0.6 is 0 Å². The normalized spacial score (nSPS) is 25.4. The summed E-state index contributed by atoms with van der Waals surface area (Å²) in [6.45, 7) is 7.79. The lowest BCUT2D eigenvalue weighted by Gasteiger charge is -2.35. The third kappa shape index (κ3) is 5.33. The molecule has 0 unspecified atom stereocenters. The van der Waals surface area contributed by atoms with E-state index in [-0.39, 0.29) is 24.2 Å². The Morgan fingerprint density at radius 1 is 1.22 bits per heavy atom. The van der Waals surface area contributed by atoms with Crippen molar-refractivity contribution in [2.75, 3.05) is 13.1 Å². The van der Waals surface area contributed by atoms with Crippen LogP contribution < -0.4 is 15.5 Å². The number of morpholine rings is 1. The molecule has 1 aliphatic rings. The predicted octanol–water partition coefficient (Wildman–Crippen LogP) is 0.0930. The lowest BCUT2D eigenvalue weighted by Crippen LogP contribution is -3.19. The summed E-state index contributed by atoms with van der Waals surface area (Å²) in [5.74, 6) is -0.258. The summed E-state index contributed by atoms with van der Waals surface area (Å²) in [7, 11) is 0. The zero-order valence-corrected chi connectivity index (χ0v) is 14.0. The second kappa shape index (κ2) is 8.08. The van der Waals surface area contributed by atoms with Crippen molar-refractivity contribution in [1.82, 2.24) is 10.6 Å². The summed E-state index contributed by atoms with van der Waals surface area (Å²) < 4.78 is 5.68. The molecule has 0 aromatic heterocycles. The summed E-state index contributed by atoms with van der Waals surface area (Å²) in [5, 5.41) is 5.13. The maximum atomic E-state index is 12.2. The first kappa shape index (κ1) is 17.4. The Morgan fingerprint density at radius 2 is 1.83 bits per heavy atom. The molecule has 3 atom stereocenters. The van der Waals surface area contributed by atoms with Crippen molar-refractivity contribution in [3.05, 3.63) is 35.9 Å². The molecule has 1 aromatic carbocycles. The van der Waals surface area contributed by atoms with E-state index in [4.69, 9.17) is 4.74 Å². The first-order valence-corrected chi connectivity index (χ1v) is 8.08. The Kier molecular flexibility index (Phi) is 6.12. The minimum Gasteiger partial charge on any atom is -0.364 e. The fraction of sp³-hybridized carbons (Fsp3) is 0.529. The molecule has 3 N–H and O–H groups in total. The molecule has 6 heteroatoms. The number of ether oxygens (including phenoxy) is 1. The highest BCUT2D eigenvalue weighted by Gasteiger charge is 2.33. The number of hydrogen-bond acceptors (Lipinski definition) is 3. The molecule has 6 nitrogen and oxygen atoms in total. The molecule has 1 saturated heterocycles. The number of imide groups is 1. The molecular weight excluding hydrogens is 294 g/mol. The number of rotatable bonds is 4. The lowest BCUT2D eigenvalue weighted by molar-refractivity contribution is -0.928. The van der Waals surface area contributed by atoms with Crippen LogP contribution in [0, 0.1) is 0 Å². The van der Waals surface area contributed by atoms with Crippen LogP contribution in [-0.4, -0.2) is 43.3 Å². The number of hydrogen-bond donors (Lipinski definition) is 3. The molecule has 1 aromatic rings. The van der Waals surface area contributed by atoms with Gasteiger partial charge in [0.2, 0.25) is 0 Å². The molecule has 2 rings (SSSR count). The van der Waals surface area contributed by atoms with E-state index in [1.807, 2.05) is 51.1 Å². The Balaban J connectivity index is 1.79. The van der Waals surface area contributed by atoms with E-state index in [1.165, 1.54) is 0 Å². The molecule has 1 aliphatic heterocycles. The Labute approximate surface area is 137 Å². The fourth-order valence-electron chi connectivity index (χ4n) is 2.90. The molecule has 1 fully saturated rings. The van der Waals surface area contributed by atoms with Crippen LogP contribution in [0.5, 0.6) is 0 Å². The molecule has 0 spiro atoms. The van der Waals surface area contributed by atoms with Crippen LogP contribution in [0.25, 0.3) is 0 Å². The number of urea groups is 1. The summed E-state index contributed by atoms with van der Waals surface area (Å²) in [4.78, 5) is 25.3. The number of carbonyl (C=O) groups is 2. The monoisotopic (exact) mass is 320 g/mol. The predicted molar refractivity (Wildman–Crippen MR) is 87.0 cm³/mol. The zero-order chi connectivity index (χ0) is 16.8. The summed E-state index contributed by atoms with van der Waals surface area (Å²) in [6, 6.07) is 8.84. The van der Waals surface area contributed by atoms with Crippen molar-refractivity contribution in [2.24, 2.45) is 0 Å². The van der Waals surface area contributed by atoms with E-state index in [0.717, 1.165) is 23.6 Å². The van der Waals surface area contributed by atoms with Gasteiger partial charge in [0.1, 0.15) is 25.3 Å². The van der Waals surface area contributed by atoms with Gasteiger partial charge in [-0.05, 0) is 26.3 Å². The van der Waals surface area contributed by atoms with Crippen molar-refractivity contribution in [1.29, 1.82) is 0 Å². The van der Waals surface area contributed by atoms with Crippen molar-refractivity contribution >= 4 is 11.9 Å². The van der Waals surface area contributed by atoms with Crippen LogP contribution in [0.4, 0.5) is 4.79 Å². The van der Waals surface area contributed by atoms with E-state index < -0.39 is 6.03 Å². The van der Waals surface area contributed by atoms with Crippen LogP contribution in [0.1, 0.15) is 26.3 Å². The maximum absolute atomic E-state index is 12.2. The van der Waals surface area contributed by atoms with E-state index in [1.54, 1.807) is 0 Å². The average molecular weight is 320 g/mol. The molecule has 0 radical (unpaired) electrons. The SMILES string of the molecule is C[C@@H]1C[NH+]([C@@H](C)C(=O)NC(=O)NCc2ccccc2)C[C@@H](C)O1. The van der Waals surface area contributed by atoms with Crippen molar-refractivity contribution in [3.8, 4) is 0 Å². The number of nitrogens with one attached hydrogen (secondary N) is 3. The third-order valence-corrected chi connectivity index (χ3v) is 4.10. The van der Waals surface area contributed by atoms with Gasteiger partial charge >= 0.3 is 6.03 Å². The van der Waals surface area contributed by atoms with Crippen molar-refractivity contribution in [3.63, 3.8) is 0 Å². The average Bonchev–Trinajstić information content (AvgIpc) is 2.52. The molecule has 3 amide bonds. The standard InChI is InChI=1S/C17H25N3O3/c1-12-10-20(11-13(2)23-12)14(3)16(21)19-17(22)18-9-15-7-5-4-6-8-15/h4-8,12-14H,9-11H2,1-3H3,(H2,18,19,21,22)/p+1/t12-,13-,14+/m1/s1. The van der Waals surface area contributed by atoms with E-state index >= 15 is 0 Å². The van der Waals surface area contributed by atoms with Gasteiger partial charge in [-0.2, -0.15) is 0 Å². The number of benzene rings is 1. The smallest absolute Gasteiger partial charge is 0.321 e. The molecule has 126 valence electrons. The van der Waals surface area contributed by atoms with Crippen molar-refractivity contribution < 1.29 is 19.2 Å². The first-order valence-electron chi connectivity index (χ1n) is 8.08. The van der Waals surface area contributed by atoms with Gasteiger partial charge < -0.3 is 15.0 Å². The van der Waals surface area contributed by atoms with Gasteiger partial charge in [-0.1, -0.05) is 30.3 Å². The largest absolute Gasteiger partial charge is 0.364 e. The highest BCUT2D eigenvalue weighted by molar-refractivity contribution is 5.96. The van der Waals surface area contributed by atoms with Crippen LogP contribution in [0.15, 0.2) is 30.3 Å². The van der Waals surface area contributed by atoms with Gasteiger partial charge in [0.05, 0.1) is 0 Å². The Bertz CT molecular complexity index is 525. The summed E-state index contributed by atoms with van der Waals surface area (Å²) in [6.07, 6.45) is 0.242. The van der Waals surface area contributed by atoms with Gasteiger partial charge in [-0.3, -0.25) is 10.1 Å². The lowest BCUT2D eigenvalue weighted by atomic mass is 10.1. The minimum absolute atomic E-state index is 0.121. The van der Waals surface area contributed by atoms with Gasteiger partial charge in [0, 0.05) is 6.54 Å². The zero-order valence-electron chi connectivity index (χ0n) is 14.0. The highest BCUT2D eigenvalue weighted by atomic mass is 16.5. The van der Waals surface area contributed by atoms with E-state index in [0.29, 0.717) is 6.54 Å². The first-order chi connectivity index (χ1) is 11.0. The highest BCUT2D eigenvalue weighted by Crippen LogP contribution is 2.00. The van der Waals surface area contributed by atoms with Gasteiger partial charge in [-0.15, -0.1) is 0 Å². The molecule has 0 aliphatic carbocycles. The second-order valence-electron chi connectivity index (χ2n) is 6.20. The number of amides is 3. The van der Waals surface area contributed by atoms with E-state index in [2.05, 4.69) is 10.6 Å². The third-order valence-electron chi connectivity index (χ3n) is 4.10. The number of quaternary nitrogens is 1.